The molecule has 0 atom stereocenters. The Hall–Kier alpha value is -3.97. The number of hydrogen-bond donors (Lipinski definition) is 1. The van der Waals surface area contributed by atoms with Crippen molar-refractivity contribution in [2.45, 2.75) is 13.5 Å². The van der Waals surface area contributed by atoms with Crippen LogP contribution in [-0.2, 0) is 11.3 Å². The van der Waals surface area contributed by atoms with E-state index in [0.717, 1.165) is 30.0 Å². The molecule has 0 unspecified atom stereocenters. The van der Waals surface area contributed by atoms with E-state index in [1.807, 2.05) is 42.5 Å². The van der Waals surface area contributed by atoms with Gasteiger partial charge in [0, 0.05) is 37.0 Å². The Bertz CT molecular complexity index is 1390. The van der Waals surface area contributed by atoms with Crippen LogP contribution in [0, 0.1) is 6.92 Å². The van der Waals surface area contributed by atoms with Gasteiger partial charge in [-0.15, -0.1) is 0 Å². The summed E-state index contributed by atoms with van der Waals surface area (Å²) in [5.41, 5.74) is 2.73. The Morgan fingerprint density at radius 2 is 1.85 bits per heavy atom. The number of hydrogen-bond acceptors (Lipinski definition) is 6. The predicted molar refractivity (Wildman–Crippen MR) is 131 cm³/mol. The van der Waals surface area contributed by atoms with Crippen LogP contribution >= 0.6 is 0 Å². The smallest absolute Gasteiger partial charge is 0.255 e. The van der Waals surface area contributed by atoms with Gasteiger partial charge in [0.05, 0.1) is 24.2 Å². The quantitative estimate of drug-likeness (QED) is 0.491. The van der Waals surface area contributed by atoms with Gasteiger partial charge in [0.25, 0.3) is 5.91 Å². The first-order valence-electron chi connectivity index (χ1n) is 11.3. The summed E-state index contributed by atoms with van der Waals surface area (Å²) in [5.74, 6) is 1.04. The van der Waals surface area contributed by atoms with Crippen molar-refractivity contribution in [1.29, 1.82) is 0 Å². The summed E-state index contributed by atoms with van der Waals surface area (Å²) in [7, 11) is 0. The number of para-hydroxylation sites is 1. The van der Waals surface area contributed by atoms with Crippen molar-refractivity contribution in [1.82, 2.24) is 10.3 Å². The van der Waals surface area contributed by atoms with Crippen molar-refractivity contribution < 1.29 is 13.9 Å². The molecule has 0 radical (unpaired) electrons. The summed E-state index contributed by atoms with van der Waals surface area (Å²) in [6.45, 7) is 5.02. The van der Waals surface area contributed by atoms with Crippen LogP contribution in [0.25, 0.3) is 22.3 Å². The van der Waals surface area contributed by atoms with Crippen LogP contribution in [0.5, 0.6) is 0 Å². The molecule has 1 aliphatic heterocycles. The molecule has 0 aliphatic carbocycles. The Morgan fingerprint density at radius 1 is 1.06 bits per heavy atom. The van der Waals surface area contributed by atoms with Gasteiger partial charge in [-0.05, 0) is 36.8 Å². The second-order valence-electron chi connectivity index (χ2n) is 8.24. The lowest BCUT2D eigenvalue weighted by atomic mass is 10.0. The summed E-state index contributed by atoms with van der Waals surface area (Å²) < 4.78 is 11.6. The van der Waals surface area contributed by atoms with E-state index in [-0.39, 0.29) is 16.9 Å². The lowest BCUT2D eigenvalue weighted by molar-refractivity contribution is 0.0951. The highest BCUT2D eigenvalue weighted by Gasteiger charge is 2.19. The van der Waals surface area contributed by atoms with Crippen molar-refractivity contribution in [3.63, 3.8) is 0 Å². The lowest BCUT2D eigenvalue weighted by Gasteiger charge is -2.28. The zero-order chi connectivity index (χ0) is 23.5. The molecule has 1 amide bonds. The van der Waals surface area contributed by atoms with Gasteiger partial charge < -0.3 is 19.4 Å². The Labute approximate surface area is 197 Å². The molecule has 5 rings (SSSR count). The van der Waals surface area contributed by atoms with Gasteiger partial charge in [-0.25, -0.2) is 4.98 Å². The molecule has 0 spiro atoms. The van der Waals surface area contributed by atoms with Gasteiger partial charge in [-0.1, -0.05) is 36.4 Å². The number of ether oxygens (including phenoxy) is 1. The number of carbonyl (C=O) groups is 1. The van der Waals surface area contributed by atoms with Gasteiger partial charge in [-0.2, -0.15) is 0 Å². The Morgan fingerprint density at radius 3 is 2.65 bits per heavy atom. The van der Waals surface area contributed by atoms with E-state index in [4.69, 9.17) is 9.15 Å². The molecule has 0 saturated carbocycles. The summed E-state index contributed by atoms with van der Waals surface area (Å²) in [4.78, 5) is 32.8. The van der Waals surface area contributed by atoms with E-state index in [1.54, 1.807) is 31.3 Å². The number of nitrogens with one attached hydrogen (secondary N) is 1. The number of fused-ring (bicyclic) bond motifs is 1. The Balaban J connectivity index is 1.43. The number of carbonyl (C=O) groups excluding carboxylic acids is 1. The van der Waals surface area contributed by atoms with Crippen LogP contribution < -0.4 is 15.6 Å². The normalized spacial score (nSPS) is 13.7. The molecular formula is C27H25N3O4. The summed E-state index contributed by atoms with van der Waals surface area (Å²) in [6, 6.07) is 18.4. The average molecular weight is 456 g/mol. The highest BCUT2D eigenvalue weighted by atomic mass is 16.5. The average Bonchev–Trinajstić information content (AvgIpc) is 2.90. The molecular weight excluding hydrogens is 430 g/mol. The van der Waals surface area contributed by atoms with Crippen LogP contribution in [-0.4, -0.2) is 37.2 Å². The zero-order valence-corrected chi connectivity index (χ0v) is 18.9. The van der Waals surface area contributed by atoms with Gasteiger partial charge in [-0.3, -0.25) is 9.59 Å². The van der Waals surface area contributed by atoms with Crippen molar-refractivity contribution in [3.05, 3.63) is 93.8 Å². The van der Waals surface area contributed by atoms with E-state index in [9.17, 15) is 9.59 Å². The fourth-order valence-electron chi connectivity index (χ4n) is 4.17. The molecule has 1 aliphatic rings. The van der Waals surface area contributed by atoms with E-state index < -0.39 is 0 Å². The standard InChI is InChI=1S/C27H25N3O4/c1-18-24(31)21-8-5-9-22(26(21)34-25(18)20-6-3-2-4-7-20)27(32)29-17-19-10-11-28-23(16-19)30-12-14-33-15-13-30/h2-11,16H,12-15,17H2,1H3,(H,29,32). The molecule has 34 heavy (non-hydrogen) atoms. The van der Waals surface area contributed by atoms with Crippen molar-refractivity contribution in [2.75, 3.05) is 31.2 Å². The molecule has 7 nitrogen and oxygen atoms in total. The van der Waals surface area contributed by atoms with E-state index >= 15 is 0 Å². The first-order valence-corrected chi connectivity index (χ1v) is 11.3. The van der Waals surface area contributed by atoms with Gasteiger partial charge in [0.2, 0.25) is 0 Å². The van der Waals surface area contributed by atoms with Gasteiger partial charge >= 0.3 is 0 Å². The number of pyridine rings is 1. The molecule has 7 heteroatoms. The minimum atomic E-state index is -0.304. The summed E-state index contributed by atoms with van der Waals surface area (Å²) in [6.07, 6.45) is 1.75. The minimum Gasteiger partial charge on any atom is -0.455 e. The maximum absolute atomic E-state index is 13.1. The third-order valence-electron chi connectivity index (χ3n) is 6.02. The van der Waals surface area contributed by atoms with Crippen LogP contribution in [0.4, 0.5) is 5.82 Å². The topological polar surface area (TPSA) is 84.7 Å². The fraction of sp³-hybridized carbons (Fsp3) is 0.222. The second kappa shape index (κ2) is 9.49. The van der Waals surface area contributed by atoms with E-state index in [1.165, 1.54) is 0 Å². The molecule has 2 aromatic heterocycles. The molecule has 1 N–H and O–H groups in total. The van der Waals surface area contributed by atoms with Crippen molar-refractivity contribution in [3.8, 4) is 11.3 Å². The molecule has 1 saturated heterocycles. The maximum atomic E-state index is 13.1. The monoisotopic (exact) mass is 455 g/mol. The number of benzene rings is 2. The second-order valence-corrected chi connectivity index (χ2v) is 8.24. The van der Waals surface area contributed by atoms with Crippen molar-refractivity contribution >= 4 is 22.7 Å². The number of rotatable bonds is 5. The highest BCUT2D eigenvalue weighted by molar-refractivity contribution is 6.05. The third-order valence-corrected chi connectivity index (χ3v) is 6.02. The number of nitrogens with zero attached hydrogens (tertiary/aromatic N) is 2. The highest BCUT2D eigenvalue weighted by Crippen LogP contribution is 2.27. The van der Waals surface area contributed by atoms with Crippen LogP contribution in [0.3, 0.4) is 0 Å². The molecule has 3 heterocycles. The zero-order valence-electron chi connectivity index (χ0n) is 18.9. The van der Waals surface area contributed by atoms with E-state index in [0.29, 0.717) is 42.0 Å². The third kappa shape index (κ3) is 4.30. The molecule has 2 aromatic carbocycles. The lowest BCUT2D eigenvalue weighted by Crippen LogP contribution is -2.36. The largest absolute Gasteiger partial charge is 0.455 e. The van der Waals surface area contributed by atoms with Gasteiger partial charge in [0.1, 0.15) is 11.6 Å². The van der Waals surface area contributed by atoms with Crippen LogP contribution in [0.1, 0.15) is 21.5 Å². The van der Waals surface area contributed by atoms with Crippen LogP contribution in [0.2, 0.25) is 0 Å². The maximum Gasteiger partial charge on any atom is 0.255 e. The summed E-state index contributed by atoms with van der Waals surface area (Å²) in [5, 5.41) is 3.35. The summed E-state index contributed by atoms with van der Waals surface area (Å²) >= 11 is 0. The van der Waals surface area contributed by atoms with E-state index in [2.05, 4.69) is 15.2 Å². The molecule has 4 aromatic rings. The molecule has 1 fully saturated rings. The van der Waals surface area contributed by atoms with Crippen LogP contribution in [0.15, 0.2) is 76.1 Å². The number of morpholine rings is 1. The number of anilines is 1. The molecule has 172 valence electrons. The Kier molecular flexibility index (Phi) is 6.10. The fourth-order valence-corrected chi connectivity index (χ4v) is 4.17. The first-order chi connectivity index (χ1) is 16.6. The first kappa shape index (κ1) is 21.9. The number of aromatic nitrogens is 1. The predicted octanol–water partition coefficient (Wildman–Crippen LogP) is 3.93. The number of amides is 1. The molecule has 0 bridgehead atoms. The van der Waals surface area contributed by atoms with Crippen molar-refractivity contribution in [2.24, 2.45) is 0 Å². The SMILES string of the molecule is Cc1c(-c2ccccc2)oc2c(C(=O)NCc3ccnc(N4CCOCC4)c3)cccc2c1=O. The minimum absolute atomic E-state index is 0.140. The van der Waals surface area contributed by atoms with Gasteiger partial charge in [0.15, 0.2) is 11.0 Å².